The topological polar surface area (TPSA) is 76.7 Å². The van der Waals surface area contributed by atoms with Crippen molar-refractivity contribution in [1.82, 2.24) is 4.31 Å². The third-order valence-corrected chi connectivity index (χ3v) is 6.81. The van der Waals surface area contributed by atoms with Crippen LogP contribution in [0.5, 0.6) is 0 Å². The number of hydrogen-bond donors (Lipinski definition) is 1. The van der Waals surface area contributed by atoms with Gasteiger partial charge in [-0.1, -0.05) is 18.2 Å². The molecule has 0 radical (unpaired) electrons. The van der Waals surface area contributed by atoms with E-state index >= 15 is 0 Å². The summed E-state index contributed by atoms with van der Waals surface area (Å²) >= 11 is -1.32. The Morgan fingerprint density at radius 3 is 2.35 bits per heavy atom. The predicted molar refractivity (Wildman–Crippen MR) is 110 cm³/mol. The maximum Gasteiger partial charge on any atom is 0.417 e. The quantitative estimate of drug-likeness (QED) is 0.481. The van der Waals surface area contributed by atoms with Gasteiger partial charge in [-0.25, -0.2) is 4.79 Å². The normalized spacial score (nSPS) is 17.2. The molecule has 2 heterocycles. The van der Waals surface area contributed by atoms with Crippen molar-refractivity contribution in [3.8, 4) is 0 Å². The molecule has 0 amide bonds. The van der Waals surface area contributed by atoms with E-state index in [1.165, 1.54) is 12.1 Å². The Kier molecular flexibility index (Phi) is 6.11. The van der Waals surface area contributed by atoms with E-state index in [4.69, 9.17) is 4.42 Å². The third kappa shape index (κ3) is 4.95. The summed E-state index contributed by atoms with van der Waals surface area (Å²) in [4.78, 5) is 12.1. The Morgan fingerprint density at radius 2 is 1.71 bits per heavy atom. The van der Waals surface area contributed by atoms with E-state index in [1.807, 2.05) is 4.31 Å². The van der Waals surface area contributed by atoms with Crippen LogP contribution in [0, 0.1) is 0 Å². The monoisotopic (exact) mass is 451 g/mol. The highest BCUT2D eigenvalue weighted by atomic mass is 32.2. The average molecular weight is 451 g/mol. The molecule has 4 rings (SSSR count). The summed E-state index contributed by atoms with van der Waals surface area (Å²) in [5.74, 6) is 0. The highest BCUT2D eigenvalue weighted by molar-refractivity contribution is 7.89. The molecular formula is C22H20F3NO4S. The molecule has 1 aromatic heterocycles. The van der Waals surface area contributed by atoms with Crippen LogP contribution < -0.4 is 5.63 Å². The average Bonchev–Trinajstić information content (AvgIpc) is 2.73. The van der Waals surface area contributed by atoms with E-state index in [1.54, 1.807) is 30.3 Å². The number of benzene rings is 2. The Bertz CT molecular complexity index is 1120. The molecule has 3 aromatic rings. The minimum atomic E-state index is -4.66. The first kappa shape index (κ1) is 21.9. The van der Waals surface area contributed by atoms with Crippen LogP contribution in [0.3, 0.4) is 0 Å². The molecular weight excluding hydrogens is 431 g/mol. The first-order chi connectivity index (χ1) is 14.7. The van der Waals surface area contributed by atoms with Gasteiger partial charge in [-0.2, -0.15) is 13.2 Å². The molecule has 1 atom stereocenters. The fourth-order valence-corrected chi connectivity index (χ4v) is 4.88. The Balaban J connectivity index is 1.54. The van der Waals surface area contributed by atoms with Crippen molar-refractivity contribution in [2.45, 2.75) is 36.4 Å². The van der Waals surface area contributed by atoms with Gasteiger partial charge in [0.1, 0.15) is 5.58 Å². The number of fused-ring (bicyclic) bond motifs is 1. The molecule has 1 aliphatic heterocycles. The van der Waals surface area contributed by atoms with Gasteiger partial charge in [0.15, 0.2) is 4.90 Å². The summed E-state index contributed by atoms with van der Waals surface area (Å²) in [6, 6.07) is 11.9. The lowest BCUT2D eigenvalue weighted by Crippen LogP contribution is -2.39. The van der Waals surface area contributed by atoms with Gasteiger partial charge >= 0.3 is 11.8 Å². The van der Waals surface area contributed by atoms with Crippen molar-refractivity contribution in [2.75, 3.05) is 13.1 Å². The first-order valence-corrected chi connectivity index (χ1v) is 10.9. The van der Waals surface area contributed by atoms with Crippen LogP contribution >= 0.6 is 0 Å². The van der Waals surface area contributed by atoms with Crippen LogP contribution in [0.2, 0.25) is 0 Å². The molecule has 1 saturated heterocycles. The Morgan fingerprint density at radius 1 is 1.06 bits per heavy atom. The van der Waals surface area contributed by atoms with E-state index < -0.39 is 28.7 Å². The molecule has 0 saturated carbocycles. The lowest BCUT2D eigenvalue weighted by atomic mass is 10.0. The van der Waals surface area contributed by atoms with Crippen LogP contribution in [-0.2, 0) is 24.0 Å². The minimum absolute atomic E-state index is 0.110. The zero-order valence-electron chi connectivity index (χ0n) is 16.4. The standard InChI is InChI=1S/C22H20F3NO4S/c23-22(24,25)19-13-21(28)30-20-6-3-15(12-18(19)20)11-14-1-4-17(5-2-14)31(29)26-9-7-16(27)8-10-26/h1-6,12-13,16,27H,7-11H2. The summed E-state index contributed by atoms with van der Waals surface area (Å²) in [7, 11) is 0. The zero-order valence-corrected chi connectivity index (χ0v) is 17.2. The maximum absolute atomic E-state index is 13.3. The number of aliphatic hydroxyl groups excluding tert-OH is 1. The van der Waals surface area contributed by atoms with Crippen molar-refractivity contribution >= 4 is 22.3 Å². The Labute approximate surface area is 179 Å². The van der Waals surface area contributed by atoms with Crippen LogP contribution in [0.25, 0.3) is 11.0 Å². The number of alkyl halides is 3. The molecule has 0 aliphatic carbocycles. The number of hydrogen-bond acceptors (Lipinski definition) is 5. The second kappa shape index (κ2) is 8.66. The summed E-state index contributed by atoms with van der Waals surface area (Å²) in [5, 5.41) is 9.43. The SMILES string of the molecule is O=c1cc(C(F)(F)F)c2cc(Cc3ccc([S+]([O-])N4CCC(O)CC4)cc3)ccc2o1. The van der Waals surface area contributed by atoms with Gasteiger partial charge in [0.2, 0.25) is 0 Å². The largest absolute Gasteiger partial charge is 0.593 e. The van der Waals surface area contributed by atoms with E-state index in [2.05, 4.69) is 0 Å². The zero-order chi connectivity index (χ0) is 22.2. The van der Waals surface area contributed by atoms with Gasteiger partial charge in [-0.3, -0.25) is 0 Å². The van der Waals surface area contributed by atoms with Crippen molar-refractivity contribution in [2.24, 2.45) is 0 Å². The predicted octanol–water partition coefficient (Wildman–Crippen LogP) is 3.88. The maximum atomic E-state index is 13.3. The van der Waals surface area contributed by atoms with Crippen LogP contribution in [0.15, 0.2) is 62.6 Å². The van der Waals surface area contributed by atoms with Crippen LogP contribution in [0.4, 0.5) is 13.2 Å². The third-order valence-electron chi connectivity index (χ3n) is 5.30. The molecule has 1 fully saturated rings. The molecule has 9 heteroatoms. The highest BCUT2D eigenvalue weighted by Crippen LogP contribution is 2.34. The number of rotatable bonds is 4. The van der Waals surface area contributed by atoms with Crippen LogP contribution in [0.1, 0.15) is 29.5 Å². The fourth-order valence-electron chi connectivity index (χ4n) is 3.67. The first-order valence-electron chi connectivity index (χ1n) is 9.78. The van der Waals surface area contributed by atoms with Gasteiger partial charge in [0.25, 0.3) is 0 Å². The summed E-state index contributed by atoms with van der Waals surface area (Å²) in [5.41, 5.74) is -0.691. The smallest absolute Gasteiger partial charge is 0.417 e. The van der Waals surface area contributed by atoms with E-state index in [9.17, 15) is 27.6 Å². The van der Waals surface area contributed by atoms with E-state index in [-0.39, 0.29) is 17.1 Å². The van der Waals surface area contributed by atoms with Gasteiger partial charge in [0.05, 0.1) is 23.0 Å². The summed E-state index contributed by atoms with van der Waals surface area (Å²) in [6.45, 7) is 1.12. The number of aliphatic hydroxyl groups is 1. The molecule has 1 N–H and O–H groups in total. The molecule has 164 valence electrons. The van der Waals surface area contributed by atoms with E-state index in [0.29, 0.717) is 48.9 Å². The van der Waals surface area contributed by atoms with Crippen molar-refractivity contribution in [3.63, 3.8) is 0 Å². The van der Waals surface area contributed by atoms with Gasteiger partial charge in [-0.15, -0.1) is 4.31 Å². The number of halogens is 3. The lowest BCUT2D eigenvalue weighted by molar-refractivity contribution is -0.136. The molecule has 31 heavy (non-hydrogen) atoms. The van der Waals surface area contributed by atoms with Crippen molar-refractivity contribution < 1.29 is 27.2 Å². The second-order valence-electron chi connectivity index (χ2n) is 7.54. The van der Waals surface area contributed by atoms with Gasteiger partial charge in [-0.05, 0) is 54.7 Å². The molecule has 0 bridgehead atoms. The van der Waals surface area contributed by atoms with E-state index in [0.717, 1.165) is 5.56 Å². The van der Waals surface area contributed by atoms with Crippen molar-refractivity contribution in [3.05, 3.63) is 75.6 Å². The fraction of sp³-hybridized carbons (Fsp3) is 0.318. The molecule has 1 aliphatic rings. The molecule has 5 nitrogen and oxygen atoms in total. The van der Waals surface area contributed by atoms with Crippen molar-refractivity contribution in [1.29, 1.82) is 0 Å². The van der Waals surface area contributed by atoms with Gasteiger partial charge in [0, 0.05) is 24.5 Å². The summed E-state index contributed by atoms with van der Waals surface area (Å²) in [6.07, 6.45) is -3.46. The number of nitrogens with zero attached hydrogens (tertiary/aromatic N) is 1. The van der Waals surface area contributed by atoms with Crippen LogP contribution in [-0.4, -0.2) is 33.2 Å². The molecule has 0 spiro atoms. The summed E-state index contributed by atoms with van der Waals surface area (Å²) < 4.78 is 59.4. The highest BCUT2D eigenvalue weighted by Gasteiger charge is 2.34. The Hall–Kier alpha value is -2.33. The molecule has 2 aromatic carbocycles. The lowest BCUT2D eigenvalue weighted by Gasteiger charge is -2.29. The minimum Gasteiger partial charge on any atom is -0.593 e. The second-order valence-corrected chi connectivity index (χ2v) is 9.02. The molecule has 1 unspecified atom stereocenters. The number of piperidine rings is 1. The van der Waals surface area contributed by atoms with Gasteiger partial charge < -0.3 is 14.1 Å².